The van der Waals surface area contributed by atoms with Crippen molar-refractivity contribution in [2.45, 2.75) is 50.1 Å². The van der Waals surface area contributed by atoms with Crippen LogP contribution in [0.1, 0.15) is 19.4 Å². The molecule has 0 unspecified atom stereocenters. The van der Waals surface area contributed by atoms with E-state index in [1.807, 2.05) is 13.8 Å². The largest absolute Gasteiger partial charge is 0.534 e. The third kappa shape index (κ3) is 7.07. The number of ether oxygens (including phenoxy) is 4. The van der Waals surface area contributed by atoms with Gasteiger partial charge in [-0.3, -0.25) is 0 Å². The van der Waals surface area contributed by atoms with Gasteiger partial charge in [0.05, 0.1) is 18.0 Å². The maximum Gasteiger partial charge on any atom is 0.534 e. The van der Waals surface area contributed by atoms with Crippen molar-refractivity contribution >= 4 is 16.3 Å². The molecule has 0 N–H and O–H groups in total. The van der Waals surface area contributed by atoms with Crippen LogP contribution in [0, 0.1) is 0 Å². The monoisotopic (exact) mass is 614 g/mol. The van der Waals surface area contributed by atoms with Gasteiger partial charge in [0.25, 0.3) is 6.29 Å². The van der Waals surface area contributed by atoms with Gasteiger partial charge in [-0.15, -0.1) is 5.10 Å². The molecule has 2 heterocycles. The SMILES string of the molecule is CCO[C@@H]1[C@@H](OC)[C@H](C)O[C@@H](O/N=C/c2ccc(-c3ncn(-c4ccc(OS(=O)(=O)C(F)(F)F)cc4)n3)cc2)[C@@H]1OC. The molecule has 5 atom stereocenters. The second-order valence-electron chi connectivity index (χ2n) is 8.98. The minimum absolute atomic E-state index is 0.318. The van der Waals surface area contributed by atoms with Gasteiger partial charge in [0.1, 0.15) is 24.3 Å². The Morgan fingerprint density at radius 3 is 2.29 bits per heavy atom. The molecule has 3 aromatic rings. The lowest BCUT2D eigenvalue weighted by Gasteiger charge is -2.42. The Morgan fingerprint density at radius 2 is 1.69 bits per heavy atom. The smallest absolute Gasteiger partial charge is 0.376 e. The van der Waals surface area contributed by atoms with Crippen molar-refractivity contribution < 1.29 is 49.6 Å². The van der Waals surface area contributed by atoms with E-state index >= 15 is 0 Å². The van der Waals surface area contributed by atoms with Crippen LogP contribution in [0.5, 0.6) is 5.75 Å². The molecule has 0 bridgehead atoms. The van der Waals surface area contributed by atoms with Crippen molar-refractivity contribution in [3.05, 3.63) is 60.4 Å². The molecule has 0 saturated carbocycles. The first kappa shape index (κ1) is 31.4. The Morgan fingerprint density at radius 1 is 1.02 bits per heavy atom. The number of aromatic nitrogens is 3. The highest BCUT2D eigenvalue weighted by molar-refractivity contribution is 7.88. The number of benzene rings is 2. The quantitative estimate of drug-likeness (QED) is 0.136. The first-order valence-corrected chi connectivity index (χ1v) is 14.0. The van der Waals surface area contributed by atoms with Gasteiger partial charge in [-0.2, -0.15) is 21.6 Å². The van der Waals surface area contributed by atoms with Crippen LogP contribution in [0.3, 0.4) is 0 Å². The highest BCUT2D eigenvalue weighted by Crippen LogP contribution is 2.29. The van der Waals surface area contributed by atoms with Gasteiger partial charge in [-0.1, -0.05) is 29.4 Å². The topological polar surface area (TPSA) is 133 Å². The summed E-state index contributed by atoms with van der Waals surface area (Å²) in [6, 6.07) is 11.9. The van der Waals surface area contributed by atoms with Gasteiger partial charge in [-0.25, -0.2) is 9.67 Å². The third-order valence-corrected chi connectivity index (χ3v) is 7.23. The minimum Gasteiger partial charge on any atom is -0.376 e. The lowest BCUT2D eigenvalue weighted by Crippen LogP contribution is -2.59. The second kappa shape index (κ2) is 13.2. The number of alkyl halides is 3. The summed E-state index contributed by atoms with van der Waals surface area (Å²) in [6.07, 6.45) is 0.478. The lowest BCUT2D eigenvalue weighted by molar-refractivity contribution is -0.308. The van der Waals surface area contributed by atoms with Crippen molar-refractivity contribution in [1.29, 1.82) is 0 Å². The van der Waals surface area contributed by atoms with E-state index in [0.29, 0.717) is 23.7 Å². The predicted octanol–water partition coefficient (Wildman–Crippen LogP) is 3.69. The van der Waals surface area contributed by atoms with E-state index < -0.39 is 39.9 Å². The number of hydrogen-bond acceptors (Lipinski definition) is 11. The van der Waals surface area contributed by atoms with E-state index in [9.17, 15) is 21.6 Å². The number of rotatable bonds is 11. The van der Waals surface area contributed by atoms with Crippen LogP contribution in [0.25, 0.3) is 17.1 Å². The molecule has 228 valence electrons. The molecule has 0 spiro atoms. The molecule has 1 aliphatic rings. The molecule has 2 aromatic carbocycles. The van der Waals surface area contributed by atoms with Gasteiger partial charge in [0.2, 0.25) is 0 Å². The highest BCUT2D eigenvalue weighted by atomic mass is 32.2. The Labute approximate surface area is 240 Å². The minimum atomic E-state index is -5.76. The molecule has 1 aliphatic heterocycles. The predicted molar refractivity (Wildman–Crippen MR) is 142 cm³/mol. The molecule has 42 heavy (non-hydrogen) atoms. The number of halogens is 3. The van der Waals surface area contributed by atoms with E-state index in [1.165, 1.54) is 36.5 Å². The van der Waals surface area contributed by atoms with Gasteiger partial charge in [0.15, 0.2) is 11.9 Å². The summed E-state index contributed by atoms with van der Waals surface area (Å²) in [5.41, 5.74) is -3.71. The number of oxime groups is 1. The summed E-state index contributed by atoms with van der Waals surface area (Å²) in [5.74, 6) is -0.120. The molecule has 1 saturated heterocycles. The van der Waals surface area contributed by atoms with Crippen LogP contribution in [-0.4, -0.2) is 86.4 Å². The fourth-order valence-corrected chi connectivity index (χ4v) is 4.69. The fourth-order valence-electron chi connectivity index (χ4n) is 4.23. The summed E-state index contributed by atoms with van der Waals surface area (Å²) in [5, 5.41) is 8.42. The van der Waals surface area contributed by atoms with E-state index in [-0.39, 0.29) is 12.2 Å². The third-order valence-electron chi connectivity index (χ3n) is 6.25. The first-order valence-electron chi connectivity index (χ1n) is 12.6. The summed E-state index contributed by atoms with van der Waals surface area (Å²) in [4.78, 5) is 9.86. The standard InChI is InChI=1S/C26H29F3N4O8S/c1-5-38-22-21(36-3)16(2)39-25(23(22)37-4)40-31-14-17-6-8-18(9-7-17)24-30-15-33(32-24)19-10-12-20(13-11-19)41-42(34,35)26(27,28)29/h6-16,21-23,25H,5H2,1-4H3/b31-14+/t16-,21-,22+,23+,25-/m0/s1. The molecule has 4 rings (SSSR count). The van der Waals surface area contributed by atoms with Crippen LogP contribution in [-0.2, 0) is 33.9 Å². The molecule has 0 amide bonds. The number of nitrogens with zero attached hydrogens (tertiary/aromatic N) is 4. The van der Waals surface area contributed by atoms with Gasteiger partial charge in [-0.05, 0) is 43.7 Å². The average Bonchev–Trinajstić information content (AvgIpc) is 3.44. The van der Waals surface area contributed by atoms with Gasteiger partial charge >= 0.3 is 15.6 Å². The molecule has 1 aromatic heterocycles. The van der Waals surface area contributed by atoms with Crippen LogP contribution in [0.4, 0.5) is 13.2 Å². The van der Waals surface area contributed by atoms with Crippen LogP contribution in [0.15, 0.2) is 60.0 Å². The highest BCUT2D eigenvalue weighted by Gasteiger charge is 2.49. The normalized spacial score (nSPS) is 23.3. The zero-order chi connectivity index (χ0) is 30.5. The van der Waals surface area contributed by atoms with Crippen molar-refractivity contribution in [1.82, 2.24) is 14.8 Å². The molecule has 1 fully saturated rings. The van der Waals surface area contributed by atoms with Gasteiger partial charge < -0.3 is 28.0 Å². The van der Waals surface area contributed by atoms with Gasteiger partial charge in [0, 0.05) is 26.4 Å². The summed E-state index contributed by atoms with van der Waals surface area (Å²) < 4.78 is 88.2. The van der Waals surface area contributed by atoms with E-state index in [1.54, 1.807) is 31.4 Å². The lowest BCUT2D eigenvalue weighted by atomic mass is 9.99. The zero-order valence-electron chi connectivity index (χ0n) is 23.0. The van der Waals surface area contributed by atoms with Crippen molar-refractivity contribution in [2.75, 3.05) is 20.8 Å². The molecule has 16 heteroatoms. The van der Waals surface area contributed by atoms with E-state index in [4.69, 9.17) is 23.8 Å². The maximum absolute atomic E-state index is 12.5. The number of hydrogen-bond donors (Lipinski definition) is 0. The van der Waals surface area contributed by atoms with Crippen molar-refractivity contribution in [2.24, 2.45) is 5.16 Å². The fraction of sp³-hybridized carbons (Fsp3) is 0.423. The molecular weight excluding hydrogens is 585 g/mol. The molecule has 12 nitrogen and oxygen atoms in total. The van der Waals surface area contributed by atoms with E-state index in [2.05, 4.69) is 19.4 Å². The molecular formula is C26H29F3N4O8S. The first-order chi connectivity index (χ1) is 20.0. The van der Waals surface area contributed by atoms with Crippen LogP contribution in [0.2, 0.25) is 0 Å². The molecule has 0 aliphatic carbocycles. The summed E-state index contributed by atoms with van der Waals surface area (Å²) >= 11 is 0. The average molecular weight is 615 g/mol. The van der Waals surface area contributed by atoms with Crippen molar-refractivity contribution in [3.8, 4) is 22.8 Å². The Bertz CT molecular complexity index is 1450. The number of methoxy groups -OCH3 is 2. The summed E-state index contributed by atoms with van der Waals surface area (Å²) in [7, 11) is -2.65. The summed E-state index contributed by atoms with van der Waals surface area (Å²) in [6.45, 7) is 4.20. The Balaban J connectivity index is 1.38. The zero-order valence-corrected chi connectivity index (χ0v) is 23.8. The Kier molecular flexibility index (Phi) is 9.83. The maximum atomic E-state index is 12.5. The van der Waals surface area contributed by atoms with Crippen LogP contribution < -0.4 is 4.18 Å². The van der Waals surface area contributed by atoms with Crippen molar-refractivity contribution in [3.63, 3.8) is 0 Å². The Hall–Kier alpha value is -3.57. The second-order valence-corrected chi connectivity index (χ2v) is 10.5. The molecule has 0 radical (unpaired) electrons. The van der Waals surface area contributed by atoms with E-state index in [0.717, 1.165) is 17.7 Å². The van der Waals surface area contributed by atoms with Crippen LogP contribution >= 0.6 is 0 Å².